The summed E-state index contributed by atoms with van der Waals surface area (Å²) in [5.41, 5.74) is 0.0485. The fourth-order valence-electron chi connectivity index (χ4n) is 2.79. The van der Waals surface area contributed by atoms with Crippen molar-refractivity contribution in [2.24, 2.45) is 0 Å². The number of rotatable bonds is 8. The van der Waals surface area contributed by atoms with Crippen LogP contribution in [0.25, 0.3) is 11.3 Å². The first kappa shape index (κ1) is 23.4. The molecule has 170 valence electrons. The normalized spacial score (nSPS) is 11.5. The summed E-state index contributed by atoms with van der Waals surface area (Å²) in [6.45, 7) is 1.35. The lowest BCUT2D eigenvalue weighted by molar-refractivity contribution is -0.116. The van der Waals surface area contributed by atoms with E-state index < -0.39 is 34.0 Å². The number of aromatic nitrogens is 1. The maximum absolute atomic E-state index is 12.7. The van der Waals surface area contributed by atoms with E-state index in [2.05, 4.69) is 5.32 Å². The number of ether oxygens (including phenoxy) is 1. The maximum atomic E-state index is 12.7. The molecule has 0 aliphatic rings. The molecule has 10 nitrogen and oxygen atoms in total. The van der Waals surface area contributed by atoms with Gasteiger partial charge in [0.25, 0.3) is 5.56 Å². The van der Waals surface area contributed by atoms with E-state index in [-0.39, 0.29) is 22.1 Å². The van der Waals surface area contributed by atoms with Crippen LogP contribution in [0.3, 0.4) is 0 Å². The molecule has 0 aliphatic heterocycles. The Morgan fingerprint density at radius 3 is 2.62 bits per heavy atom. The van der Waals surface area contributed by atoms with Crippen molar-refractivity contribution in [3.8, 4) is 11.3 Å². The number of nitrogens with zero attached hydrogens (tertiary/aromatic N) is 2. The highest BCUT2D eigenvalue weighted by molar-refractivity contribution is 7.89. The smallest absolute Gasteiger partial charge is 0.341 e. The Morgan fingerprint density at radius 1 is 1.25 bits per heavy atom. The molecule has 3 aromatic heterocycles. The molecule has 12 heteroatoms. The van der Waals surface area contributed by atoms with E-state index in [9.17, 15) is 22.8 Å². The molecule has 0 radical (unpaired) electrons. The molecule has 1 amide bonds. The molecular weight excluding hydrogens is 458 g/mol. The van der Waals surface area contributed by atoms with E-state index in [0.717, 1.165) is 32.5 Å². The largest absolute Gasteiger partial charge is 0.464 e. The molecule has 0 unspecified atom stereocenters. The molecule has 1 N–H and O–H groups in total. The topological polar surface area (TPSA) is 128 Å². The molecule has 0 spiro atoms. The Bertz CT molecular complexity index is 1290. The maximum Gasteiger partial charge on any atom is 0.341 e. The van der Waals surface area contributed by atoms with Crippen LogP contribution in [0, 0.1) is 0 Å². The van der Waals surface area contributed by atoms with Gasteiger partial charge in [0.2, 0.25) is 15.9 Å². The number of pyridine rings is 1. The highest BCUT2D eigenvalue weighted by atomic mass is 32.2. The van der Waals surface area contributed by atoms with Crippen molar-refractivity contribution in [2.75, 3.05) is 26.0 Å². The fraction of sp³-hybridized carbons (Fsp3) is 0.250. The zero-order valence-corrected chi connectivity index (χ0v) is 19.2. The first-order valence-electron chi connectivity index (χ1n) is 9.40. The zero-order chi connectivity index (χ0) is 23.5. The number of thiophene rings is 1. The van der Waals surface area contributed by atoms with Gasteiger partial charge in [-0.2, -0.15) is 0 Å². The summed E-state index contributed by atoms with van der Waals surface area (Å²) >= 11 is 1.10. The summed E-state index contributed by atoms with van der Waals surface area (Å²) in [4.78, 5) is 37.2. The molecule has 3 rings (SSSR count). The predicted octanol–water partition coefficient (Wildman–Crippen LogP) is 2.24. The monoisotopic (exact) mass is 479 g/mol. The van der Waals surface area contributed by atoms with Crippen LogP contribution in [0.2, 0.25) is 0 Å². The van der Waals surface area contributed by atoms with Gasteiger partial charge in [0.05, 0.1) is 17.8 Å². The average molecular weight is 480 g/mol. The van der Waals surface area contributed by atoms with Crippen molar-refractivity contribution >= 4 is 38.2 Å². The zero-order valence-electron chi connectivity index (χ0n) is 17.5. The minimum Gasteiger partial charge on any atom is -0.464 e. The number of nitrogens with one attached hydrogen (secondary N) is 1. The van der Waals surface area contributed by atoms with Crippen molar-refractivity contribution in [1.82, 2.24) is 8.87 Å². The summed E-state index contributed by atoms with van der Waals surface area (Å²) in [6, 6.07) is 5.60. The Kier molecular flexibility index (Phi) is 6.96. The molecule has 3 heterocycles. The van der Waals surface area contributed by atoms with Crippen LogP contribution < -0.4 is 10.9 Å². The quantitative estimate of drug-likeness (QED) is 0.491. The van der Waals surface area contributed by atoms with E-state index >= 15 is 0 Å². The van der Waals surface area contributed by atoms with Gasteiger partial charge >= 0.3 is 5.97 Å². The van der Waals surface area contributed by atoms with E-state index in [1.54, 1.807) is 24.4 Å². The van der Waals surface area contributed by atoms with E-state index in [1.807, 2.05) is 0 Å². The van der Waals surface area contributed by atoms with Gasteiger partial charge in [-0.25, -0.2) is 17.5 Å². The first-order valence-corrected chi connectivity index (χ1v) is 11.7. The van der Waals surface area contributed by atoms with Crippen molar-refractivity contribution in [3.63, 3.8) is 0 Å². The number of carbonyl (C=O) groups is 2. The Balaban J connectivity index is 1.89. The summed E-state index contributed by atoms with van der Waals surface area (Å²) in [6.07, 6.45) is 2.56. The molecule has 0 bridgehead atoms. The molecule has 32 heavy (non-hydrogen) atoms. The van der Waals surface area contributed by atoms with Crippen LogP contribution in [0.1, 0.15) is 17.3 Å². The van der Waals surface area contributed by atoms with Crippen molar-refractivity contribution < 1.29 is 27.2 Å². The minimum atomic E-state index is -3.78. The predicted molar refractivity (Wildman–Crippen MR) is 118 cm³/mol. The lowest BCUT2D eigenvalue weighted by atomic mass is 10.1. The molecule has 0 saturated heterocycles. The highest BCUT2D eigenvalue weighted by Gasteiger charge is 2.24. The molecule has 0 aromatic carbocycles. The second-order valence-electron chi connectivity index (χ2n) is 6.72. The van der Waals surface area contributed by atoms with Gasteiger partial charge in [0.15, 0.2) is 0 Å². The van der Waals surface area contributed by atoms with Crippen LogP contribution in [-0.2, 0) is 26.1 Å². The summed E-state index contributed by atoms with van der Waals surface area (Å²) in [5.74, 6) is -0.820. The summed E-state index contributed by atoms with van der Waals surface area (Å²) in [5, 5.41) is 4.48. The Labute approximate surface area is 188 Å². The SMILES string of the molecule is CCOC(=O)c1c(-c2ccco2)csc1NC(=O)Cn1cc(S(=O)(=O)N(C)C)ccc1=O. The third kappa shape index (κ3) is 4.82. The molecule has 3 aromatic rings. The standard InChI is InChI=1S/C20H21N3O7S2/c1-4-29-20(26)18-14(15-6-5-9-30-15)12-31-19(18)21-16(24)11-23-10-13(7-8-17(23)25)32(27,28)22(2)3/h5-10,12H,4,11H2,1-3H3,(H,21,24). The third-order valence-electron chi connectivity index (χ3n) is 4.36. The number of anilines is 1. The van der Waals surface area contributed by atoms with E-state index in [4.69, 9.17) is 9.15 Å². The van der Waals surface area contributed by atoms with Crippen LogP contribution in [0.5, 0.6) is 0 Å². The molecule has 0 aliphatic carbocycles. The minimum absolute atomic E-state index is 0.127. The molecule has 0 fully saturated rings. The van der Waals surface area contributed by atoms with Gasteiger partial charge in [-0.15, -0.1) is 11.3 Å². The number of sulfonamides is 1. The number of hydrogen-bond donors (Lipinski definition) is 1. The van der Waals surface area contributed by atoms with Crippen molar-refractivity contribution in [2.45, 2.75) is 18.4 Å². The summed E-state index contributed by atoms with van der Waals surface area (Å²) < 4.78 is 37.1. The highest BCUT2D eigenvalue weighted by Crippen LogP contribution is 2.36. The molecular formula is C20H21N3O7S2. The van der Waals surface area contributed by atoms with Gasteiger partial charge in [0, 0.05) is 37.3 Å². The molecule has 0 atom stereocenters. The van der Waals surface area contributed by atoms with E-state index in [1.165, 1.54) is 26.4 Å². The second kappa shape index (κ2) is 9.51. The number of esters is 1. The van der Waals surface area contributed by atoms with Gasteiger partial charge in [-0.1, -0.05) is 0 Å². The van der Waals surface area contributed by atoms with Gasteiger partial charge in [-0.3, -0.25) is 9.59 Å². The third-order valence-corrected chi connectivity index (χ3v) is 7.05. The number of carbonyl (C=O) groups excluding carboxylic acids is 2. The van der Waals surface area contributed by atoms with Gasteiger partial charge in [0.1, 0.15) is 22.9 Å². The second-order valence-corrected chi connectivity index (χ2v) is 9.75. The van der Waals surface area contributed by atoms with Crippen LogP contribution in [0.4, 0.5) is 5.00 Å². The first-order chi connectivity index (χ1) is 15.1. The number of furan rings is 1. The van der Waals surface area contributed by atoms with E-state index in [0.29, 0.717) is 11.3 Å². The van der Waals surface area contributed by atoms with Crippen LogP contribution in [0.15, 0.2) is 56.2 Å². The van der Waals surface area contributed by atoms with Crippen LogP contribution >= 0.6 is 11.3 Å². The van der Waals surface area contributed by atoms with Crippen LogP contribution in [-0.4, -0.2) is 49.9 Å². The van der Waals surface area contributed by atoms with Gasteiger partial charge in [-0.05, 0) is 25.1 Å². The van der Waals surface area contributed by atoms with Crippen molar-refractivity contribution in [1.29, 1.82) is 0 Å². The average Bonchev–Trinajstić information content (AvgIpc) is 3.39. The molecule has 0 saturated carbocycles. The Hall–Kier alpha value is -3.22. The number of amides is 1. The fourth-order valence-corrected chi connectivity index (χ4v) is 4.66. The summed E-state index contributed by atoms with van der Waals surface area (Å²) in [7, 11) is -1.06. The Morgan fingerprint density at radius 2 is 2.00 bits per heavy atom. The lowest BCUT2D eigenvalue weighted by Gasteiger charge is -2.13. The number of hydrogen-bond acceptors (Lipinski definition) is 8. The van der Waals surface area contributed by atoms with Gasteiger partial charge < -0.3 is 19.0 Å². The van der Waals surface area contributed by atoms with Crippen molar-refractivity contribution in [3.05, 3.63) is 58.0 Å². The lowest BCUT2D eigenvalue weighted by Crippen LogP contribution is -2.29.